The largest absolute Gasteiger partial charge is 0.476 e. The number of para-hydroxylation sites is 1. The average Bonchev–Trinajstić information content (AvgIpc) is 3.77. The van der Waals surface area contributed by atoms with Crippen LogP contribution in [-0.2, 0) is 17.7 Å². The predicted molar refractivity (Wildman–Crippen MR) is 240 cm³/mol. The summed E-state index contributed by atoms with van der Waals surface area (Å²) in [6.45, 7) is 12.2. The monoisotopic (exact) mass is 947 g/mol. The van der Waals surface area contributed by atoms with Gasteiger partial charge in [0.05, 0.1) is 28.6 Å². The highest BCUT2D eigenvalue weighted by molar-refractivity contribution is 14.1. The number of hydrogen-bond donors (Lipinski definition) is 4. The molecule has 4 N–H and O–H groups in total. The van der Waals surface area contributed by atoms with Crippen molar-refractivity contribution < 1.29 is 24.9 Å². The second kappa shape index (κ2) is 15.8. The highest BCUT2D eigenvalue weighted by atomic mass is 127. The van der Waals surface area contributed by atoms with Gasteiger partial charge in [-0.05, 0) is 106 Å². The van der Waals surface area contributed by atoms with Crippen LogP contribution in [0.15, 0.2) is 42.6 Å². The third-order valence-corrected chi connectivity index (χ3v) is 15.3. The number of pyridine rings is 1. The fourth-order valence-electron chi connectivity index (χ4n) is 12.2. The van der Waals surface area contributed by atoms with Gasteiger partial charge < -0.3 is 30.3 Å². The van der Waals surface area contributed by atoms with Crippen molar-refractivity contribution in [2.24, 2.45) is 22.2 Å². The van der Waals surface area contributed by atoms with Crippen LogP contribution in [0.5, 0.6) is 0 Å². The second-order valence-electron chi connectivity index (χ2n) is 18.8. The number of aromatic nitrogens is 6. The quantitative estimate of drug-likeness (QED) is 0.0590. The number of halogens is 1. The maximum Gasteiger partial charge on any atom is 0.355 e. The number of carbonyl (C=O) groups is 1. The lowest BCUT2D eigenvalue weighted by molar-refractivity contribution is -0.248. The first-order valence-corrected chi connectivity index (χ1v) is 22.8. The van der Waals surface area contributed by atoms with Crippen molar-refractivity contribution in [1.82, 2.24) is 33.1 Å². The molecule has 60 heavy (non-hydrogen) atoms. The van der Waals surface area contributed by atoms with Gasteiger partial charge in [0.1, 0.15) is 5.82 Å². The average molecular weight is 948 g/mol. The summed E-state index contributed by atoms with van der Waals surface area (Å²) in [4.78, 5) is 24.4. The Morgan fingerprint density at radius 1 is 1.00 bits per heavy atom. The Hall–Kier alpha value is -3.81. The first-order valence-electron chi connectivity index (χ1n) is 21.0. The van der Waals surface area contributed by atoms with E-state index < -0.39 is 5.97 Å². The highest BCUT2D eigenvalue weighted by Crippen LogP contribution is 2.72. The van der Waals surface area contributed by atoms with Gasteiger partial charge in [-0.25, -0.2) is 17.9 Å². The molecule has 5 aliphatic rings. The number of rotatable bonds is 15. The number of fused-ring (bicyclic) bond motifs is 2. The van der Waals surface area contributed by atoms with Crippen LogP contribution >= 0.6 is 34.2 Å². The maximum atomic E-state index is 13.0. The van der Waals surface area contributed by atoms with Crippen LogP contribution in [0.4, 0.5) is 22.6 Å². The van der Waals surface area contributed by atoms with E-state index in [-0.39, 0.29) is 46.7 Å². The lowest BCUT2D eigenvalue weighted by Crippen LogP contribution is -2.64. The number of aromatic carboxylic acids is 1. The van der Waals surface area contributed by atoms with Gasteiger partial charge >= 0.3 is 5.97 Å². The van der Waals surface area contributed by atoms with Crippen molar-refractivity contribution in [3.05, 3.63) is 65.1 Å². The third kappa shape index (κ3) is 7.80. The molecule has 10 rings (SSSR count). The number of carboxylic acids is 1. The SMILES string of the molecule is Cc1c(Nc2nc3ccccc3s2)nnc2c1CCCN2c1ccc(-c2cnn(CC34CC5(OCCN(I)CC(CO)CO)C[C@](C)(C3)C[C@](C)(C4)C5)c2C)c(C(=O)O)n1. The molecule has 0 radical (unpaired) electrons. The first-order chi connectivity index (χ1) is 28.7. The summed E-state index contributed by atoms with van der Waals surface area (Å²) in [5, 5.41) is 48.1. The van der Waals surface area contributed by atoms with Gasteiger partial charge in [0.25, 0.3) is 0 Å². The summed E-state index contributed by atoms with van der Waals surface area (Å²) in [5.41, 5.74) is 5.31. The number of benzene rings is 1. The summed E-state index contributed by atoms with van der Waals surface area (Å²) >= 11 is 3.84. The number of hydrogen-bond acceptors (Lipinski definition) is 13. The van der Waals surface area contributed by atoms with Gasteiger partial charge in [0, 0.05) is 96.1 Å². The van der Waals surface area contributed by atoms with Crippen LogP contribution in [0.25, 0.3) is 21.3 Å². The van der Waals surface area contributed by atoms with E-state index in [0.717, 1.165) is 95.8 Å². The molecule has 0 spiro atoms. The Morgan fingerprint density at radius 3 is 2.50 bits per heavy atom. The molecule has 0 saturated heterocycles. The molecular formula is C44H54IN9O5S. The molecular weight excluding hydrogens is 894 g/mol. The molecule has 318 valence electrons. The molecule has 5 heterocycles. The zero-order valence-electron chi connectivity index (χ0n) is 34.7. The normalized spacial score (nSPS) is 25.8. The van der Waals surface area contributed by atoms with Crippen LogP contribution < -0.4 is 10.2 Å². The van der Waals surface area contributed by atoms with E-state index >= 15 is 0 Å². The molecule has 1 aliphatic heterocycles. The highest BCUT2D eigenvalue weighted by Gasteiger charge is 2.66. The van der Waals surface area contributed by atoms with E-state index in [1.54, 1.807) is 17.5 Å². The standard InChI is InChI=1S/C44H54IN9O5S/c1-27-30-8-7-13-53(38(30)51-50-37(27)49-40-47-33-9-5-6-10-34(33)60-40)35-12-11-31(36(48-35)39(57)58)32-16-46-54(28(32)2)26-43-21-41(3)20-42(4,22-43)24-44(23-41,25-43)59-15-14-52(45)17-29(18-55)19-56/h5-6,9-12,16,29,55-56H,7-8,13-15,17-26H2,1-4H3,(H,57,58)(H,47,49,50)/t41-,42+,43?,44?. The Morgan fingerprint density at radius 2 is 1.77 bits per heavy atom. The molecule has 4 fully saturated rings. The molecule has 2 unspecified atom stereocenters. The Kier molecular flexibility index (Phi) is 11.0. The molecule has 4 aliphatic carbocycles. The number of aliphatic hydroxyl groups excluding tert-OH is 2. The van der Waals surface area contributed by atoms with Crippen LogP contribution in [0.3, 0.4) is 0 Å². The number of carboxylic acid groups (broad SMARTS) is 1. The molecule has 0 amide bonds. The van der Waals surface area contributed by atoms with Crippen LogP contribution in [0.2, 0.25) is 0 Å². The minimum Gasteiger partial charge on any atom is -0.476 e. The number of nitrogens with zero attached hydrogens (tertiary/aromatic N) is 8. The summed E-state index contributed by atoms with van der Waals surface area (Å²) < 4.78 is 12.2. The molecule has 5 aromatic rings. The van der Waals surface area contributed by atoms with Crippen molar-refractivity contribution in [3.63, 3.8) is 0 Å². The zero-order chi connectivity index (χ0) is 42.0. The smallest absolute Gasteiger partial charge is 0.355 e. The van der Waals surface area contributed by atoms with E-state index in [1.807, 2.05) is 55.1 Å². The van der Waals surface area contributed by atoms with E-state index in [1.165, 1.54) is 6.42 Å². The van der Waals surface area contributed by atoms with E-state index in [4.69, 9.17) is 19.8 Å². The van der Waals surface area contributed by atoms with Gasteiger partial charge in [-0.15, -0.1) is 10.2 Å². The van der Waals surface area contributed by atoms with E-state index in [9.17, 15) is 20.1 Å². The van der Waals surface area contributed by atoms with Crippen molar-refractivity contribution in [3.8, 4) is 11.1 Å². The minimum atomic E-state index is -1.09. The number of thiazole rings is 1. The fraction of sp³-hybridized carbons (Fsp3) is 0.545. The van der Waals surface area contributed by atoms with Crippen molar-refractivity contribution >= 4 is 73.0 Å². The van der Waals surface area contributed by atoms with Gasteiger partial charge in [0.15, 0.2) is 22.5 Å². The lowest BCUT2D eigenvalue weighted by atomic mass is 9.39. The number of aliphatic hydroxyl groups is 2. The molecule has 14 nitrogen and oxygen atoms in total. The predicted octanol–water partition coefficient (Wildman–Crippen LogP) is 7.88. The molecule has 4 atom stereocenters. The fourth-order valence-corrected chi connectivity index (χ4v) is 13.8. The topological polar surface area (TPSA) is 175 Å². The summed E-state index contributed by atoms with van der Waals surface area (Å²) in [5.74, 6) is 0.619. The van der Waals surface area contributed by atoms with Gasteiger partial charge in [0.2, 0.25) is 0 Å². The molecule has 1 aromatic carbocycles. The Labute approximate surface area is 368 Å². The van der Waals surface area contributed by atoms with Crippen molar-refractivity contribution in [2.45, 2.75) is 91.2 Å². The molecule has 4 saturated carbocycles. The van der Waals surface area contributed by atoms with Crippen LogP contribution in [-0.4, -0.2) is 99.4 Å². The Bertz CT molecular complexity index is 2380. The van der Waals surface area contributed by atoms with Crippen molar-refractivity contribution in [1.29, 1.82) is 0 Å². The van der Waals surface area contributed by atoms with Gasteiger partial charge in [-0.2, -0.15) is 5.10 Å². The van der Waals surface area contributed by atoms with Gasteiger partial charge in [-0.3, -0.25) is 4.68 Å². The number of ether oxygens (including phenoxy) is 1. The number of nitrogens with one attached hydrogen (secondary N) is 1. The Balaban J connectivity index is 0.946. The second-order valence-corrected chi connectivity index (χ2v) is 21.2. The minimum absolute atomic E-state index is 0.00247. The molecule has 4 aromatic heterocycles. The lowest BCUT2D eigenvalue weighted by Gasteiger charge is -2.69. The summed E-state index contributed by atoms with van der Waals surface area (Å²) in [7, 11) is 0. The van der Waals surface area contributed by atoms with Crippen LogP contribution in [0, 0.1) is 36.0 Å². The third-order valence-electron chi connectivity index (χ3n) is 13.5. The van der Waals surface area contributed by atoms with E-state index in [2.05, 4.69) is 60.0 Å². The van der Waals surface area contributed by atoms with Crippen molar-refractivity contribution in [2.75, 3.05) is 49.7 Å². The molecule has 16 heteroatoms. The zero-order valence-corrected chi connectivity index (χ0v) is 37.7. The maximum absolute atomic E-state index is 13.0. The van der Waals surface area contributed by atoms with Gasteiger partial charge in [-0.1, -0.05) is 37.3 Å². The summed E-state index contributed by atoms with van der Waals surface area (Å²) in [6, 6.07) is 11.8. The summed E-state index contributed by atoms with van der Waals surface area (Å²) in [6.07, 6.45) is 9.96. The number of anilines is 4. The first kappa shape index (κ1) is 41.5. The van der Waals surface area contributed by atoms with Crippen LogP contribution in [0.1, 0.15) is 86.1 Å². The van der Waals surface area contributed by atoms with E-state index in [0.29, 0.717) is 42.7 Å². The molecule has 4 bridgehead atoms.